The molecule has 0 amide bonds. The normalized spacial score (nSPS) is 11.3. The Kier molecular flexibility index (Phi) is 11.2. The zero-order valence-electron chi connectivity index (χ0n) is 31.8. The molecule has 0 aliphatic carbocycles. The van der Waals surface area contributed by atoms with E-state index in [-0.39, 0.29) is 0 Å². The lowest BCUT2D eigenvalue weighted by Crippen LogP contribution is -2.74. The molecule has 0 unspecified atom stereocenters. The highest BCUT2D eigenvalue weighted by molar-refractivity contribution is 8.01. The summed E-state index contributed by atoms with van der Waals surface area (Å²) in [5.74, 6) is 0. The topological polar surface area (TPSA) is 0 Å². The average molecular weight is 715 g/mol. The van der Waals surface area contributed by atoms with Gasteiger partial charge in [-0.1, -0.05) is 192 Å². The van der Waals surface area contributed by atoms with E-state index in [2.05, 4.69) is 246 Å². The molecule has 0 aliphatic rings. The van der Waals surface area contributed by atoms with Gasteiger partial charge < -0.3 is 0 Å². The van der Waals surface area contributed by atoms with Crippen LogP contribution in [0.1, 0.15) is 22.3 Å². The van der Waals surface area contributed by atoms with E-state index in [1.54, 1.807) is 0 Å². The van der Waals surface area contributed by atoms with Crippen molar-refractivity contribution in [2.24, 2.45) is 0 Å². The Balaban J connectivity index is 0.000000168. The second kappa shape index (κ2) is 16.5. The highest BCUT2D eigenvalue weighted by Crippen LogP contribution is 2.54. The van der Waals surface area contributed by atoms with Crippen LogP contribution in [0.2, 0.25) is 0 Å². The van der Waals surface area contributed by atoms with Crippen LogP contribution >= 0.6 is 7.26 Å². The van der Waals surface area contributed by atoms with E-state index >= 15 is 0 Å². The largest absolute Gasteiger partial charge is 0.195 e. The second-order valence-electron chi connectivity index (χ2n) is 14.5. The van der Waals surface area contributed by atoms with Crippen LogP contribution in [0.25, 0.3) is 0 Å². The predicted molar refractivity (Wildman–Crippen MR) is 240 cm³/mol. The smallest absolute Gasteiger partial charge is 0.144 e. The fraction of sp³-hybridized carbons (Fsp3) is 0.0769. The molecule has 54 heavy (non-hydrogen) atoms. The third-order valence-corrected chi connectivity index (χ3v) is 15.2. The van der Waals surface area contributed by atoms with Crippen LogP contribution in [-0.2, 0) is 0 Å². The highest BCUT2D eigenvalue weighted by Gasteiger charge is 2.47. The lowest BCUT2D eigenvalue weighted by Gasteiger charge is -2.44. The monoisotopic (exact) mass is 714 g/mol. The van der Waals surface area contributed by atoms with Crippen LogP contribution in [-0.4, -0.2) is 6.15 Å². The minimum Gasteiger partial charge on any atom is -0.195 e. The number of hydrogen-bond acceptors (Lipinski definition) is 0. The van der Waals surface area contributed by atoms with Crippen LogP contribution < -0.4 is 43.1 Å². The van der Waals surface area contributed by atoms with E-state index in [9.17, 15) is 0 Å². The van der Waals surface area contributed by atoms with Crippen LogP contribution in [0.15, 0.2) is 218 Å². The minimum atomic E-state index is -1.91. The van der Waals surface area contributed by atoms with Gasteiger partial charge in [0.2, 0.25) is 0 Å². The van der Waals surface area contributed by atoms with E-state index in [0.717, 1.165) is 0 Å². The molecule has 0 spiro atoms. The molecule has 0 radical (unpaired) electrons. The zero-order valence-corrected chi connectivity index (χ0v) is 32.7. The van der Waals surface area contributed by atoms with Crippen molar-refractivity contribution in [1.82, 2.24) is 0 Å². The molecule has 8 aromatic rings. The summed E-state index contributed by atoms with van der Waals surface area (Å²) in [6.07, 6.45) is -1.27. The standard InChI is InChI=1S/C28H28B.C24H20P/c1-21-5-13-25(14-6-21)29(26-15-7-22(2)8-16-26,27-17-9-23(3)10-18-27)28-19-11-24(4)12-20-28;1-5-13-21(14-6-1)25(22-15-7-2-8-16-22,23-17-9-3-10-18-23)24-19-11-4-12-20-24/h5-20H,1-4H3;1-20H/q-1;+1. The van der Waals surface area contributed by atoms with Gasteiger partial charge in [0.15, 0.2) is 0 Å². The van der Waals surface area contributed by atoms with E-state index in [1.165, 1.54) is 65.3 Å². The third kappa shape index (κ3) is 7.26. The maximum atomic E-state index is 2.31. The van der Waals surface area contributed by atoms with Crippen molar-refractivity contribution in [1.29, 1.82) is 0 Å². The van der Waals surface area contributed by atoms with Crippen molar-refractivity contribution in [2.75, 3.05) is 0 Å². The molecule has 264 valence electrons. The molecular weight excluding hydrogens is 666 g/mol. The van der Waals surface area contributed by atoms with Crippen molar-refractivity contribution < 1.29 is 0 Å². The number of benzene rings is 8. The van der Waals surface area contributed by atoms with Crippen LogP contribution in [0.5, 0.6) is 0 Å². The molecule has 8 rings (SSSR count). The van der Waals surface area contributed by atoms with Gasteiger partial charge in [-0.15, -0.1) is 0 Å². The lowest BCUT2D eigenvalue weighted by molar-refractivity contribution is 1.46. The molecule has 0 aliphatic heterocycles. The Labute approximate surface area is 323 Å². The molecular formula is C52H48BP. The summed E-state index contributed by atoms with van der Waals surface area (Å²) in [5, 5.41) is 5.55. The molecule has 0 N–H and O–H groups in total. The molecule has 0 heterocycles. The quantitative estimate of drug-likeness (QED) is 0.109. The van der Waals surface area contributed by atoms with Crippen molar-refractivity contribution >= 4 is 56.5 Å². The molecule has 8 aromatic carbocycles. The van der Waals surface area contributed by atoms with Gasteiger partial charge in [0.05, 0.1) is 0 Å². The Bertz CT molecular complexity index is 2000. The van der Waals surface area contributed by atoms with Crippen molar-refractivity contribution in [3.63, 3.8) is 0 Å². The van der Waals surface area contributed by atoms with Crippen molar-refractivity contribution in [3.05, 3.63) is 241 Å². The first-order valence-electron chi connectivity index (χ1n) is 19.0. The summed E-state index contributed by atoms with van der Waals surface area (Å²) in [6.45, 7) is 8.62. The molecule has 0 aromatic heterocycles. The van der Waals surface area contributed by atoms with Crippen molar-refractivity contribution in [2.45, 2.75) is 27.7 Å². The van der Waals surface area contributed by atoms with Gasteiger partial charge in [0.1, 0.15) is 34.6 Å². The van der Waals surface area contributed by atoms with E-state index in [1.807, 2.05) is 0 Å². The number of hydrogen-bond donors (Lipinski definition) is 0. The molecule has 0 bridgehead atoms. The lowest BCUT2D eigenvalue weighted by atomic mass is 9.13. The first kappa shape index (κ1) is 36.6. The van der Waals surface area contributed by atoms with Crippen LogP contribution in [0.4, 0.5) is 0 Å². The molecule has 0 saturated heterocycles. The molecule has 2 heteroatoms. The van der Waals surface area contributed by atoms with Gasteiger partial charge in [0, 0.05) is 0 Å². The summed E-state index contributed by atoms with van der Waals surface area (Å²) in [7, 11) is -1.91. The number of rotatable bonds is 8. The predicted octanol–water partition coefficient (Wildman–Crippen LogP) is 8.60. The third-order valence-electron chi connectivity index (χ3n) is 10.9. The first-order chi connectivity index (χ1) is 26.4. The van der Waals surface area contributed by atoms with E-state index in [4.69, 9.17) is 0 Å². The minimum absolute atomic E-state index is 1.27. The molecule has 0 fully saturated rings. The highest BCUT2D eigenvalue weighted by atomic mass is 31.2. The Hall–Kier alpha value is -5.75. The second-order valence-corrected chi connectivity index (χ2v) is 17.9. The van der Waals surface area contributed by atoms with Gasteiger partial charge in [-0.25, -0.2) is 0 Å². The van der Waals surface area contributed by atoms with Gasteiger partial charge >= 0.3 is 0 Å². The van der Waals surface area contributed by atoms with Gasteiger partial charge in [-0.3, -0.25) is 0 Å². The van der Waals surface area contributed by atoms with Gasteiger partial charge in [-0.05, 0) is 76.2 Å². The van der Waals surface area contributed by atoms with Gasteiger partial charge in [0.25, 0.3) is 0 Å². The van der Waals surface area contributed by atoms with Crippen LogP contribution in [0.3, 0.4) is 0 Å². The summed E-state index contributed by atoms with van der Waals surface area (Å²) >= 11 is 0. The Morgan fingerprint density at radius 3 is 0.611 bits per heavy atom. The molecule has 0 nitrogen and oxygen atoms in total. The zero-order chi connectivity index (χ0) is 37.4. The number of aryl methyl sites for hydroxylation is 4. The van der Waals surface area contributed by atoms with Crippen LogP contribution in [0, 0.1) is 27.7 Å². The summed E-state index contributed by atoms with van der Waals surface area (Å²) in [4.78, 5) is 0. The van der Waals surface area contributed by atoms with E-state index < -0.39 is 13.4 Å². The summed E-state index contributed by atoms with van der Waals surface area (Å²) in [5.41, 5.74) is 10.6. The summed E-state index contributed by atoms with van der Waals surface area (Å²) < 4.78 is 0. The maximum Gasteiger partial charge on any atom is 0.144 e. The molecule has 0 atom stereocenters. The summed E-state index contributed by atoms with van der Waals surface area (Å²) in [6, 6.07) is 80.3. The fourth-order valence-corrected chi connectivity index (χ4v) is 12.3. The SMILES string of the molecule is Cc1ccc([B-](c2ccc(C)cc2)(c2ccc(C)cc2)c2ccc(C)cc2)cc1.c1ccc([P+](c2ccccc2)(c2ccccc2)c2ccccc2)cc1. The van der Waals surface area contributed by atoms with Crippen molar-refractivity contribution in [3.8, 4) is 0 Å². The maximum absolute atomic E-state index is 2.31. The Morgan fingerprint density at radius 2 is 0.426 bits per heavy atom. The Morgan fingerprint density at radius 1 is 0.241 bits per heavy atom. The van der Waals surface area contributed by atoms with Gasteiger partial charge in [-0.2, -0.15) is 21.9 Å². The average Bonchev–Trinajstić information content (AvgIpc) is 3.23. The molecule has 0 saturated carbocycles. The first-order valence-corrected chi connectivity index (χ1v) is 20.8. The fourth-order valence-electron chi connectivity index (χ4n) is 8.08. The van der Waals surface area contributed by atoms with E-state index in [0.29, 0.717) is 0 Å².